The average Bonchev–Trinajstić information content (AvgIpc) is 3.35. The van der Waals surface area contributed by atoms with E-state index in [1.165, 1.54) is 12.1 Å². The number of carbonyl (C=O) groups excluding carboxylic acids is 1. The summed E-state index contributed by atoms with van der Waals surface area (Å²) < 4.78 is 25.6. The zero-order valence-corrected chi connectivity index (χ0v) is 21.8. The van der Waals surface area contributed by atoms with Crippen LogP contribution in [0, 0.1) is 5.82 Å². The largest absolute Gasteiger partial charge is 0.494 e. The standard InChI is InChI=1S/C28H29BrFN3O4/c29-25-5-2-1-4-22(25)18-28(27(35)33-31-15-14-20-6-10-23(30)11-7-20)19-37-26(32-28)21-8-12-24(13-9-21)36-17-3-16-34/h1-2,4-13,31,34H,3,14-19H2,(H,33,35)/t28-/m0/s1. The molecule has 1 aliphatic rings. The number of nitrogens with zero attached hydrogens (tertiary/aromatic N) is 1. The first kappa shape index (κ1) is 26.8. The number of amides is 1. The predicted octanol–water partition coefficient (Wildman–Crippen LogP) is 3.97. The number of benzene rings is 3. The van der Waals surface area contributed by atoms with E-state index in [4.69, 9.17) is 19.6 Å². The topological polar surface area (TPSA) is 92.2 Å². The van der Waals surface area contributed by atoms with Crippen molar-refractivity contribution in [1.29, 1.82) is 0 Å². The van der Waals surface area contributed by atoms with Crippen LogP contribution in [0.15, 0.2) is 82.3 Å². The van der Waals surface area contributed by atoms with Gasteiger partial charge < -0.3 is 14.6 Å². The first-order valence-corrected chi connectivity index (χ1v) is 12.9. The molecule has 3 aromatic rings. The fourth-order valence-electron chi connectivity index (χ4n) is 3.90. The molecule has 0 unspecified atom stereocenters. The van der Waals surface area contributed by atoms with E-state index in [9.17, 15) is 9.18 Å². The number of aliphatic hydroxyl groups is 1. The van der Waals surface area contributed by atoms with Gasteiger partial charge in [-0.1, -0.05) is 46.3 Å². The second-order valence-corrected chi connectivity index (χ2v) is 9.57. The van der Waals surface area contributed by atoms with E-state index in [0.29, 0.717) is 44.1 Å². The van der Waals surface area contributed by atoms with E-state index in [2.05, 4.69) is 26.8 Å². The van der Waals surface area contributed by atoms with Gasteiger partial charge >= 0.3 is 0 Å². The molecule has 9 heteroatoms. The van der Waals surface area contributed by atoms with Crippen LogP contribution in [0.5, 0.6) is 5.75 Å². The normalized spacial score (nSPS) is 16.7. The van der Waals surface area contributed by atoms with Crippen molar-refractivity contribution in [2.75, 3.05) is 26.4 Å². The quantitative estimate of drug-likeness (QED) is 0.227. The number of aliphatic hydroxyl groups excluding tert-OH is 1. The molecular weight excluding hydrogens is 541 g/mol. The third-order valence-electron chi connectivity index (χ3n) is 5.95. The van der Waals surface area contributed by atoms with Crippen LogP contribution < -0.4 is 15.6 Å². The van der Waals surface area contributed by atoms with E-state index in [-0.39, 0.29) is 24.9 Å². The number of ether oxygens (including phenoxy) is 2. The molecule has 7 nitrogen and oxygen atoms in total. The lowest BCUT2D eigenvalue weighted by molar-refractivity contribution is -0.127. The number of nitrogens with one attached hydrogen (secondary N) is 2. The number of hydrogen-bond acceptors (Lipinski definition) is 6. The van der Waals surface area contributed by atoms with Gasteiger partial charge in [0.25, 0.3) is 5.91 Å². The van der Waals surface area contributed by atoms with Gasteiger partial charge in [-0.2, -0.15) is 0 Å². The Labute approximate surface area is 223 Å². The summed E-state index contributed by atoms with van der Waals surface area (Å²) >= 11 is 3.57. The minimum absolute atomic E-state index is 0.0749. The molecule has 3 N–H and O–H groups in total. The average molecular weight is 570 g/mol. The highest BCUT2D eigenvalue weighted by Gasteiger charge is 2.45. The van der Waals surface area contributed by atoms with Crippen molar-refractivity contribution < 1.29 is 23.8 Å². The fourth-order valence-corrected chi connectivity index (χ4v) is 4.33. The van der Waals surface area contributed by atoms with Gasteiger partial charge in [0.05, 0.1) is 6.61 Å². The van der Waals surface area contributed by atoms with Crippen LogP contribution in [0.3, 0.4) is 0 Å². The summed E-state index contributed by atoms with van der Waals surface area (Å²) in [6.45, 7) is 1.06. The maximum atomic E-state index is 13.5. The summed E-state index contributed by atoms with van der Waals surface area (Å²) in [7, 11) is 0. The molecule has 0 aromatic heterocycles. The molecule has 1 aliphatic heterocycles. The number of hydrazine groups is 1. The minimum atomic E-state index is -1.17. The Morgan fingerprint density at radius 2 is 1.86 bits per heavy atom. The van der Waals surface area contributed by atoms with Gasteiger partial charge in [0, 0.05) is 36.0 Å². The van der Waals surface area contributed by atoms with E-state index in [0.717, 1.165) is 21.2 Å². The van der Waals surface area contributed by atoms with Crippen LogP contribution in [-0.2, 0) is 22.4 Å². The molecule has 0 fully saturated rings. The van der Waals surface area contributed by atoms with Crippen molar-refractivity contribution in [3.05, 3.63) is 99.8 Å². The molecule has 194 valence electrons. The van der Waals surface area contributed by atoms with Gasteiger partial charge in [0.2, 0.25) is 5.90 Å². The van der Waals surface area contributed by atoms with E-state index >= 15 is 0 Å². The summed E-state index contributed by atoms with van der Waals surface area (Å²) in [5.74, 6) is 0.480. The monoisotopic (exact) mass is 569 g/mol. The Kier molecular flexibility index (Phi) is 9.27. The van der Waals surface area contributed by atoms with Crippen LogP contribution in [0.2, 0.25) is 0 Å². The molecule has 0 spiro atoms. The lowest BCUT2D eigenvalue weighted by Crippen LogP contribution is -2.53. The zero-order chi connectivity index (χ0) is 26.1. The molecule has 37 heavy (non-hydrogen) atoms. The van der Waals surface area contributed by atoms with Crippen LogP contribution in [0.25, 0.3) is 0 Å². The van der Waals surface area contributed by atoms with Crippen molar-refractivity contribution in [3.63, 3.8) is 0 Å². The van der Waals surface area contributed by atoms with Gasteiger partial charge in [-0.3, -0.25) is 10.2 Å². The third-order valence-corrected chi connectivity index (χ3v) is 6.73. The fraction of sp³-hybridized carbons (Fsp3) is 0.286. The molecule has 1 amide bonds. The van der Waals surface area contributed by atoms with Crippen LogP contribution >= 0.6 is 15.9 Å². The Morgan fingerprint density at radius 1 is 1.11 bits per heavy atom. The van der Waals surface area contributed by atoms with Gasteiger partial charge in [-0.25, -0.2) is 14.8 Å². The number of hydrogen-bond donors (Lipinski definition) is 3. The van der Waals surface area contributed by atoms with E-state index in [1.807, 2.05) is 48.5 Å². The molecule has 3 aromatic carbocycles. The van der Waals surface area contributed by atoms with Gasteiger partial charge in [0.1, 0.15) is 18.2 Å². The summed E-state index contributed by atoms with van der Waals surface area (Å²) in [5, 5.41) is 8.91. The number of aliphatic imine (C=N–C) groups is 1. The second-order valence-electron chi connectivity index (χ2n) is 8.71. The lowest BCUT2D eigenvalue weighted by Gasteiger charge is -2.24. The van der Waals surface area contributed by atoms with Gasteiger partial charge in [-0.15, -0.1) is 0 Å². The third kappa shape index (κ3) is 7.15. The molecule has 1 atom stereocenters. The Morgan fingerprint density at radius 3 is 2.59 bits per heavy atom. The number of rotatable bonds is 12. The van der Waals surface area contributed by atoms with Crippen molar-refractivity contribution in [2.24, 2.45) is 4.99 Å². The maximum absolute atomic E-state index is 13.5. The van der Waals surface area contributed by atoms with Crippen molar-refractivity contribution in [2.45, 2.75) is 24.8 Å². The summed E-state index contributed by atoms with van der Waals surface area (Å²) in [5.41, 5.74) is 7.22. The van der Waals surface area contributed by atoms with Crippen molar-refractivity contribution >= 4 is 27.7 Å². The van der Waals surface area contributed by atoms with E-state index < -0.39 is 5.54 Å². The van der Waals surface area contributed by atoms with Crippen LogP contribution in [0.1, 0.15) is 23.1 Å². The SMILES string of the molecule is O=C(NNCCc1ccc(F)cc1)[C@]1(Cc2ccccc2Br)COC(c2ccc(OCCCO)cc2)=N1. The highest BCUT2D eigenvalue weighted by Crippen LogP contribution is 2.30. The lowest BCUT2D eigenvalue weighted by atomic mass is 9.91. The van der Waals surface area contributed by atoms with Crippen molar-refractivity contribution in [1.82, 2.24) is 10.9 Å². The highest BCUT2D eigenvalue weighted by atomic mass is 79.9. The molecule has 0 saturated carbocycles. The highest BCUT2D eigenvalue weighted by molar-refractivity contribution is 9.10. The first-order valence-electron chi connectivity index (χ1n) is 12.1. The molecule has 1 heterocycles. The Balaban J connectivity index is 1.47. The van der Waals surface area contributed by atoms with Crippen LogP contribution in [-0.4, -0.2) is 48.8 Å². The number of halogens is 2. The number of carbonyl (C=O) groups is 1. The Bertz CT molecular complexity index is 1220. The van der Waals surface area contributed by atoms with Crippen molar-refractivity contribution in [3.8, 4) is 5.75 Å². The summed E-state index contributed by atoms with van der Waals surface area (Å²) in [4.78, 5) is 18.2. The predicted molar refractivity (Wildman–Crippen MR) is 143 cm³/mol. The summed E-state index contributed by atoms with van der Waals surface area (Å²) in [6.07, 6.45) is 1.52. The summed E-state index contributed by atoms with van der Waals surface area (Å²) in [6, 6.07) is 21.3. The second kappa shape index (κ2) is 12.8. The van der Waals surface area contributed by atoms with Gasteiger partial charge in [-0.05, 0) is 60.0 Å². The smallest absolute Gasteiger partial charge is 0.266 e. The minimum Gasteiger partial charge on any atom is -0.494 e. The molecule has 0 aliphatic carbocycles. The zero-order valence-electron chi connectivity index (χ0n) is 20.3. The maximum Gasteiger partial charge on any atom is 0.266 e. The van der Waals surface area contributed by atoms with Gasteiger partial charge in [0.15, 0.2) is 5.54 Å². The first-order chi connectivity index (χ1) is 18.0. The van der Waals surface area contributed by atoms with Crippen LogP contribution in [0.4, 0.5) is 4.39 Å². The van der Waals surface area contributed by atoms with E-state index in [1.54, 1.807) is 12.1 Å². The molecule has 4 rings (SSSR count). The molecule has 0 radical (unpaired) electrons. The Hall–Kier alpha value is -3.27. The molecule has 0 saturated heterocycles. The molecule has 0 bridgehead atoms. The molecular formula is C28H29BrFN3O4.